The zero-order chi connectivity index (χ0) is 19.4. The van der Waals surface area contributed by atoms with Crippen molar-refractivity contribution >= 4 is 17.5 Å². The normalized spacial score (nSPS) is 12.2. The largest absolute Gasteiger partial charge is 0.350 e. The van der Waals surface area contributed by atoms with Crippen LogP contribution in [0.5, 0.6) is 0 Å². The van der Waals surface area contributed by atoms with Crippen molar-refractivity contribution in [3.8, 4) is 5.69 Å². The van der Waals surface area contributed by atoms with Crippen LogP contribution in [0.4, 0.5) is 0 Å². The fourth-order valence-corrected chi connectivity index (χ4v) is 2.88. The van der Waals surface area contributed by atoms with Crippen molar-refractivity contribution in [3.05, 3.63) is 70.5 Å². The number of carbonyl (C=O) groups is 1. The molecular formula is C19H21ClN6O. The van der Waals surface area contributed by atoms with Crippen LogP contribution in [0.1, 0.15) is 47.3 Å². The molecule has 1 atom stereocenters. The van der Waals surface area contributed by atoms with Gasteiger partial charge in [0.25, 0.3) is 5.91 Å². The Morgan fingerprint density at radius 2 is 1.89 bits per heavy atom. The second-order valence-corrected chi connectivity index (χ2v) is 6.99. The summed E-state index contributed by atoms with van der Waals surface area (Å²) in [5.74, 6) is 0.166. The highest BCUT2D eigenvalue weighted by atomic mass is 35.5. The van der Waals surface area contributed by atoms with Crippen LogP contribution in [0.15, 0.2) is 48.8 Å². The molecule has 0 radical (unpaired) electrons. The van der Waals surface area contributed by atoms with Gasteiger partial charge in [0.15, 0.2) is 0 Å². The molecule has 0 fully saturated rings. The summed E-state index contributed by atoms with van der Waals surface area (Å²) in [5.41, 5.74) is 9.36. The van der Waals surface area contributed by atoms with Gasteiger partial charge >= 0.3 is 0 Å². The van der Waals surface area contributed by atoms with Gasteiger partial charge in [-0.3, -0.25) is 4.79 Å². The highest BCUT2D eigenvalue weighted by molar-refractivity contribution is 6.31. The Balaban J connectivity index is 1.71. The van der Waals surface area contributed by atoms with Crippen LogP contribution in [0.25, 0.3) is 5.69 Å². The lowest BCUT2D eigenvalue weighted by molar-refractivity contribution is 0.0951. The highest BCUT2D eigenvalue weighted by Crippen LogP contribution is 2.20. The minimum Gasteiger partial charge on any atom is -0.350 e. The number of hydrogen-bond donors (Lipinski definition) is 2. The molecule has 8 heteroatoms. The third-order valence-corrected chi connectivity index (χ3v) is 4.55. The number of carbonyl (C=O) groups excluding carboxylic acids is 1. The first-order valence-corrected chi connectivity index (χ1v) is 9.00. The lowest BCUT2D eigenvalue weighted by Gasteiger charge is -2.15. The van der Waals surface area contributed by atoms with Crippen LogP contribution in [0.2, 0.25) is 5.02 Å². The number of benzene rings is 2. The molecule has 3 aromatic rings. The molecule has 0 aliphatic heterocycles. The van der Waals surface area contributed by atoms with E-state index in [1.807, 2.05) is 12.1 Å². The Morgan fingerprint density at radius 3 is 2.52 bits per heavy atom. The van der Waals surface area contributed by atoms with Gasteiger partial charge in [-0.25, -0.2) is 0 Å². The van der Waals surface area contributed by atoms with E-state index in [1.165, 1.54) is 16.6 Å². The van der Waals surface area contributed by atoms with Crippen molar-refractivity contribution in [1.29, 1.82) is 0 Å². The maximum atomic E-state index is 12.7. The lowest BCUT2D eigenvalue weighted by atomic mass is 9.99. The summed E-state index contributed by atoms with van der Waals surface area (Å²) in [6.45, 7) is 4.58. The average molecular weight is 385 g/mol. The predicted octanol–water partition coefficient (Wildman–Crippen LogP) is 2.87. The van der Waals surface area contributed by atoms with Crippen molar-refractivity contribution in [2.45, 2.75) is 25.8 Å². The summed E-state index contributed by atoms with van der Waals surface area (Å²) in [6, 6.07) is 12.8. The monoisotopic (exact) mass is 384 g/mol. The minimum atomic E-state index is -0.314. The van der Waals surface area contributed by atoms with Crippen molar-refractivity contribution in [1.82, 2.24) is 25.5 Å². The minimum absolute atomic E-state index is 0.293. The number of rotatable bonds is 6. The molecule has 1 aromatic heterocycles. The number of hydrogen-bond acceptors (Lipinski definition) is 5. The first-order valence-electron chi connectivity index (χ1n) is 8.62. The summed E-state index contributed by atoms with van der Waals surface area (Å²) in [4.78, 5) is 12.7. The van der Waals surface area contributed by atoms with Crippen molar-refractivity contribution in [2.75, 3.05) is 6.54 Å². The second kappa shape index (κ2) is 8.28. The van der Waals surface area contributed by atoms with E-state index in [4.69, 9.17) is 17.3 Å². The third-order valence-electron chi connectivity index (χ3n) is 4.31. The summed E-state index contributed by atoms with van der Waals surface area (Å²) in [6.07, 6.45) is 1.42. The molecule has 2 aromatic carbocycles. The second-order valence-electron chi connectivity index (χ2n) is 6.55. The van der Waals surface area contributed by atoms with E-state index in [-0.39, 0.29) is 11.9 Å². The molecule has 0 aliphatic carbocycles. The standard InChI is InChI=1S/C19H21ClN6O/c1-12(2)13-3-5-14(6-4-13)17(21)10-22-19(27)16-9-15(20)7-8-18(16)26-11-23-24-25-26/h3-9,11-12,17H,10,21H2,1-2H3,(H,22,27). The molecule has 1 heterocycles. The number of nitrogens with two attached hydrogens (primary N) is 1. The van der Waals surface area contributed by atoms with Crippen molar-refractivity contribution in [2.24, 2.45) is 5.73 Å². The van der Waals surface area contributed by atoms with Crippen LogP contribution in [0.3, 0.4) is 0 Å². The number of aromatic nitrogens is 4. The van der Waals surface area contributed by atoms with Crippen LogP contribution in [-0.4, -0.2) is 32.7 Å². The maximum absolute atomic E-state index is 12.7. The molecule has 1 unspecified atom stereocenters. The van der Waals surface area contributed by atoms with Crippen LogP contribution in [-0.2, 0) is 0 Å². The van der Waals surface area contributed by atoms with E-state index in [0.29, 0.717) is 28.7 Å². The smallest absolute Gasteiger partial charge is 0.253 e. The van der Waals surface area contributed by atoms with Gasteiger partial charge in [-0.1, -0.05) is 49.7 Å². The Labute approximate surface area is 162 Å². The third kappa shape index (κ3) is 4.50. The van der Waals surface area contributed by atoms with Gasteiger partial charge in [-0.15, -0.1) is 5.10 Å². The molecule has 1 amide bonds. The van der Waals surface area contributed by atoms with E-state index in [0.717, 1.165) is 5.56 Å². The van der Waals surface area contributed by atoms with Crippen LogP contribution >= 0.6 is 11.6 Å². The van der Waals surface area contributed by atoms with E-state index >= 15 is 0 Å². The quantitative estimate of drug-likeness (QED) is 0.680. The Morgan fingerprint density at radius 1 is 1.19 bits per heavy atom. The number of halogens is 1. The molecule has 3 N–H and O–H groups in total. The zero-order valence-corrected chi connectivity index (χ0v) is 15.9. The van der Waals surface area contributed by atoms with Gasteiger partial charge in [0.05, 0.1) is 11.3 Å². The number of amides is 1. The summed E-state index contributed by atoms with van der Waals surface area (Å²) >= 11 is 6.06. The molecule has 3 rings (SSSR count). The van der Waals surface area contributed by atoms with E-state index in [9.17, 15) is 4.79 Å². The molecule has 0 spiro atoms. The van der Waals surface area contributed by atoms with Gasteiger partial charge in [0.2, 0.25) is 0 Å². The zero-order valence-electron chi connectivity index (χ0n) is 15.1. The fourth-order valence-electron chi connectivity index (χ4n) is 2.71. The van der Waals surface area contributed by atoms with Crippen molar-refractivity contribution in [3.63, 3.8) is 0 Å². The molecule has 7 nitrogen and oxygen atoms in total. The van der Waals surface area contributed by atoms with Gasteiger partial charge in [-0.05, 0) is 45.7 Å². The summed E-state index contributed by atoms with van der Waals surface area (Å²) in [5, 5.41) is 14.3. The number of nitrogens with one attached hydrogen (secondary N) is 1. The average Bonchev–Trinajstić information content (AvgIpc) is 3.20. The molecule has 0 saturated carbocycles. The Kier molecular flexibility index (Phi) is 5.83. The summed E-state index contributed by atoms with van der Waals surface area (Å²) < 4.78 is 1.41. The maximum Gasteiger partial charge on any atom is 0.253 e. The number of tetrazole rings is 1. The molecular weight excluding hydrogens is 364 g/mol. The van der Waals surface area contributed by atoms with Gasteiger partial charge in [-0.2, -0.15) is 4.68 Å². The molecule has 140 valence electrons. The highest BCUT2D eigenvalue weighted by Gasteiger charge is 2.16. The van der Waals surface area contributed by atoms with Gasteiger partial charge in [0.1, 0.15) is 6.33 Å². The Hall–Kier alpha value is -2.77. The van der Waals surface area contributed by atoms with E-state index < -0.39 is 0 Å². The van der Waals surface area contributed by atoms with Crippen LogP contribution < -0.4 is 11.1 Å². The van der Waals surface area contributed by atoms with Gasteiger partial charge in [0, 0.05) is 17.6 Å². The van der Waals surface area contributed by atoms with Gasteiger partial charge < -0.3 is 11.1 Å². The first-order chi connectivity index (χ1) is 13.0. The van der Waals surface area contributed by atoms with Crippen molar-refractivity contribution < 1.29 is 4.79 Å². The van der Waals surface area contributed by atoms with E-state index in [2.05, 4.69) is 46.8 Å². The number of nitrogens with zero attached hydrogens (tertiary/aromatic N) is 4. The molecule has 0 aliphatic rings. The SMILES string of the molecule is CC(C)c1ccc(C(N)CNC(=O)c2cc(Cl)ccc2-n2cnnn2)cc1. The molecule has 0 bridgehead atoms. The summed E-state index contributed by atoms with van der Waals surface area (Å²) in [7, 11) is 0. The first kappa shape index (κ1) is 19.0. The topological polar surface area (TPSA) is 98.7 Å². The molecule has 0 saturated heterocycles. The molecule has 27 heavy (non-hydrogen) atoms. The fraction of sp³-hybridized carbons (Fsp3) is 0.263. The lowest BCUT2D eigenvalue weighted by Crippen LogP contribution is -2.32. The predicted molar refractivity (Wildman–Crippen MR) is 104 cm³/mol. The van der Waals surface area contributed by atoms with Crippen LogP contribution in [0, 0.1) is 0 Å². The van der Waals surface area contributed by atoms with E-state index in [1.54, 1.807) is 18.2 Å². The Bertz CT molecular complexity index is 908.